The van der Waals surface area contributed by atoms with E-state index in [0.717, 1.165) is 11.3 Å². The first-order chi connectivity index (χ1) is 11.9. The minimum Gasteiger partial charge on any atom is -0.493 e. The Kier molecular flexibility index (Phi) is 5.85. The van der Waals surface area contributed by atoms with Gasteiger partial charge in [0.1, 0.15) is 0 Å². The fraction of sp³-hybridized carbons (Fsp3) is 0.368. The van der Waals surface area contributed by atoms with Crippen LogP contribution < -0.4 is 14.9 Å². The average molecular weight is 343 g/mol. The van der Waals surface area contributed by atoms with Crippen LogP contribution in [0, 0.1) is 13.8 Å². The van der Waals surface area contributed by atoms with Gasteiger partial charge in [-0.3, -0.25) is 4.79 Å². The minimum atomic E-state index is -0.310. The van der Waals surface area contributed by atoms with E-state index in [1.807, 2.05) is 6.92 Å². The summed E-state index contributed by atoms with van der Waals surface area (Å²) in [6.07, 6.45) is 1.67. The Bertz CT molecular complexity index is 791. The molecule has 0 saturated carbocycles. The Morgan fingerprint density at radius 1 is 1.16 bits per heavy atom. The van der Waals surface area contributed by atoms with Crippen molar-refractivity contribution >= 4 is 12.1 Å². The molecular weight excluding hydrogens is 318 g/mol. The summed E-state index contributed by atoms with van der Waals surface area (Å²) in [6, 6.07) is 7.41. The van der Waals surface area contributed by atoms with Gasteiger partial charge in [0.2, 0.25) is 0 Å². The van der Waals surface area contributed by atoms with Crippen LogP contribution in [-0.2, 0) is 0 Å². The van der Waals surface area contributed by atoms with Crippen molar-refractivity contribution in [3.05, 3.63) is 46.8 Å². The Morgan fingerprint density at radius 2 is 1.84 bits per heavy atom. The van der Waals surface area contributed by atoms with Gasteiger partial charge in [-0.1, -0.05) is 0 Å². The van der Waals surface area contributed by atoms with Gasteiger partial charge >= 0.3 is 0 Å². The highest BCUT2D eigenvalue weighted by atomic mass is 16.5. The molecule has 1 heterocycles. The van der Waals surface area contributed by atoms with E-state index in [2.05, 4.69) is 41.9 Å². The fourth-order valence-corrected chi connectivity index (χ4v) is 2.93. The molecule has 6 nitrogen and oxygen atoms in total. The molecule has 0 atom stereocenters. The van der Waals surface area contributed by atoms with E-state index < -0.39 is 0 Å². The molecule has 25 heavy (non-hydrogen) atoms. The zero-order valence-corrected chi connectivity index (χ0v) is 15.6. The lowest BCUT2D eigenvalue weighted by molar-refractivity contribution is 0.0954. The van der Waals surface area contributed by atoms with Crippen LogP contribution in [0.5, 0.6) is 11.5 Å². The monoisotopic (exact) mass is 343 g/mol. The second kappa shape index (κ2) is 7.88. The maximum atomic E-state index is 12.2. The van der Waals surface area contributed by atoms with Crippen LogP contribution in [0.2, 0.25) is 0 Å². The molecule has 0 spiro atoms. The normalized spacial score (nSPS) is 11.2. The number of hydrazone groups is 1. The summed E-state index contributed by atoms with van der Waals surface area (Å²) in [5.41, 5.74) is 6.27. The lowest BCUT2D eigenvalue weighted by Gasteiger charge is -2.13. The van der Waals surface area contributed by atoms with Crippen LogP contribution in [0.3, 0.4) is 0 Å². The molecule has 134 valence electrons. The highest BCUT2D eigenvalue weighted by Gasteiger charge is 2.11. The van der Waals surface area contributed by atoms with E-state index in [1.165, 1.54) is 12.8 Å². The Hall–Kier alpha value is -2.76. The maximum Gasteiger partial charge on any atom is 0.271 e. The van der Waals surface area contributed by atoms with E-state index in [1.54, 1.807) is 31.5 Å². The molecule has 0 unspecified atom stereocenters. The number of rotatable bonds is 6. The van der Waals surface area contributed by atoms with Crippen molar-refractivity contribution in [1.82, 2.24) is 9.99 Å². The van der Waals surface area contributed by atoms with Crippen molar-refractivity contribution in [2.45, 2.75) is 33.7 Å². The summed E-state index contributed by atoms with van der Waals surface area (Å²) in [6.45, 7) is 8.39. The molecule has 1 aromatic heterocycles. The lowest BCUT2D eigenvalue weighted by Crippen LogP contribution is -2.17. The number of benzene rings is 1. The zero-order valence-electron chi connectivity index (χ0n) is 15.6. The van der Waals surface area contributed by atoms with Crippen molar-refractivity contribution in [3.63, 3.8) is 0 Å². The predicted molar refractivity (Wildman–Crippen MR) is 98.9 cm³/mol. The van der Waals surface area contributed by atoms with Crippen LogP contribution >= 0.6 is 0 Å². The number of aryl methyl sites for hydroxylation is 1. The quantitative estimate of drug-likeness (QED) is 0.645. The molecule has 0 aliphatic carbocycles. The van der Waals surface area contributed by atoms with Crippen molar-refractivity contribution in [2.24, 2.45) is 5.10 Å². The molecular formula is C19H25N3O3. The van der Waals surface area contributed by atoms with Gasteiger partial charge in [-0.25, -0.2) is 5.43 Å². The van der Waals surface area contributed by atoms with Gasteiger partial charge in [0.15, 0.2) is 11.5 Å². The molecule has 0 aliphatic rings. The minimum absolute atomic E-state index is 0.310. The second-order valence-corrected chi connectivity index (χ2v) is 6.06. The zero-order chi connectivity index (χ0) is 18.6. The smallest absolute Gasteiger partial charge is 0.271 e. The first-order valence-corrected chi connectivity index (χ1v) is 8.12. The highest BCUT2D eigenvalue weighted by molar-refractivity contribution is 5.95. The fourth-order valence-electron chi connectivity index (χ4n) is 2.93. The molecule has 0 aliphatic heterocycles. The summed E-state index contributed by atoms with van der Waals surface area (Å²) in [7, 11) is 3.08. The Balaban J connectivity index is 2.12. The van der Waals surface area contributed by atoms with Crippen LogP contribution in [0.1, 0.15) is 47.2 Å². The van der Waals surface area contributed by atoms with Gasteiger partial charge < -0.3 is 14.0 Å². The Morgan fingerprint density at radius 3 is 2.40 bits per heavy atom. The molecule has 6 heteroatoms. The van der Waals surface area contributed by atoms with E-state index in [4.69, 9.17) is 9.47 Å². The average Bonchev–Trinajstić information content (AvgIpc) is 2.87. The number of amides is 1. The van der Waals surface area contributed by atoms with Gasteiger partial charge in [-0.15, -0.1) is 0 Å². The predicted octanol–water partition coefficient (Wildman–Crippen LogP) is 3.47. The van der Waals surface area contributed by atoms with E-state index in [9.17, 15) is 4.79 Å². The molecule has 2 aromatic rings. The number of nitrogens with one attached hydrogen (secondary N) is 1. The lowest BCUT2D eigenvalue weighted by atomic mass is 10.2. The third kappa shape index (κ3) is 4.02. The van der Waals surface area contributed by atoms with Crippen LogP contribution in [-0.4, -0.2) is 30.9 Å². The van der Waals surface area contributed by atoms with Gasteiger partial charge in [-0.2, -0.15) is 5.10 Å². The van der Waals surface area contributed by atoms with Gasteiger partial charge in [0, 0.05) is 28.6 Å². The van der Waals surface area contributed by atoms with Crippen LogP contribution in [0.15, 0.2) is 29.4 Å². The second-order valence-electron chi connectivity index (χ2n) is 6.06. The number of carbonyl (C=O) groups excluding carboxylic acids is 1. The SMILES string of the molecule is COc1ccc(C(=O)N/N=C\c2cc(C)n(C(C)C)c2C)cc1OC. The molecule has 1 aromatic carbocycles. The number of methoxy groups -OCH3 is 2. The number of aromatic nitrogens is 1. The molecule has 0 saturated heterocycles. The van der Waals surface area contributed by atoms with E-state index in [0.29, 0.717) is 23.1 Å². The summed E-state index contributed by atoms with van der Waals surface area (Å²) < 4.78 is 12.6. The number of carbonyl (C=O) groups is 1. The van der Waals surface area contributed by atoms with Crippen LogP contribution in [0.4, 0.5) is 0 Å². The number of ether oxygens (including phenoxy) is 2. The third-order valence-electron chi connectivity index (χ3n) is 4.06. The summed E-state index contributed by atoms with van der Waals surface area (Å²) in [5.74, 6) is 0.762. The van der Waals surface area contributed by atoms with E-state index in [-0.39, 0.29) is 5.91 Å². The van der Waals surface area contributed by atoms with Gasteiger partial charge in [0.25, 0.3) is 5.91 Å². The van der Waals surface area contributed by atoms with Gasteiger partial charge in [0.05, 0.1) is 20.4 Å². The topological polar surface area (TPSA) is 64.8 Å². The third-order valence-corrected chi connectivity index (χ3v) is 4.06. The molecule has 1 amide bonds. The van der Waals surface area contributed by atoms with Crippen molar-refractivity contribution in [2.75, 3.05) is 14.2 Å². The first-order valence-electron chi connectivity index (χ1n) is 8.12. The molecule has 1 N–H and O–H groups in total. The molecule has 0 radical (unpaired) electrons. The number of hydrogen-bond donors (Lipinski definition) is 1. The maximum absolute atomic E-state index is 12.2. The van der Waals surface area contributed by atoms with Crippen molar-refractivity contribution in [1.29, 1.82) is 0 Å². The first kappa shape index (κ1) is 18.6. The number of nitrogens with zero attached hydrogens (tertiary/aromatic N) is 2. The largest absolute Gasteiger partial charge is 0.493 e. The van der Waals surface area contributed by atoms with Crippen LogP contribution in [0.25, 0.3) is 0 Å². The standard InChI is InChI=1S/C19H25N3O3/c1-12(2)22-13(3)9-16(14(22)4)11-20-21-19(23)15-7-8-17(24-5)18(10-15)25-6/h7-12H,1-6H3,(H,21,23)/b20-11-. The number of hydrogen-bond acceptors (Lipinski definition) is 4. The summed E-state index contributed by atoms with van der Waals surface area (Å²) in [5, 5.41) is 4.08. The van der Waals surface area contributed by atoms with Crippen molar-refractivity contribution < 1.29 is 14.3 Å². The molecule has 2 rings (SSSR count). The summed E-state index contributed by atoms with van der Waals surface area (Å²) >= 11 is 0. The van der Waals surface area contributed by atoms with Gasteiger partial charge in [-0.05, 0) is 52.0 Å². The summed E-state index contributed by atoms with van der Waals surface area (Å²) in [4.78, 5) is 12.2. The molecule has 0 fully saturated rings. The Labute approximate surface area is 148 Å². The van der Waals surface area contributed by atoms with Crippen molar-refractivity contribution in [3.8, 4) is 11.5 Å². The molecule has 0 bridgehead atoms. The highest BCUT2D eigenvalue weighted by Crippen LogP contribution is 2.27. The van der Waals surface area contributed by atoms with E-state index >= 15 is 0 Å².